The lowest BCUT2D eigenvalue weighted by atomic mass is 9.85. The monoisotopic (exact) mass is 325 g/mol. The van der Waals surface area contributed by atoms with E-state index < -0.39 is 17.3 Å². The van der Waals surface area contributed by atoms with Crippen LogP contribution in [0.25, 0.3) is 0 Å². The Labute approximate surface area is 132 Å². The third-order valence-corrected chi connectivity index (χ3v) is 4.59. The molecular formula is C16H18F3N3O. The van der Waals surface area contributed by atoms with E-state index >= 15 is 0 Å². The van der Waals surface area contributed by atoms with Gasteiger partial charge in [-0.05, 0) is 42.9 Å². The van der Waals surface area contributed by atoms with E-state index in [0.717, 1.165) is 30.5 Å². The second-order valence-corrected chi connectivity index (χ2v) is 6.18. The van der Waals surface area contributed by atoms with Crippen molar-refractivity contribution in [3.05, 3.63) is 48.0 Å². The first-order chi connectivity index (χ1) is 10.9. The largest absolute Gasteiger partial charge is 0.416 e. The third-order valence-electron chi connectivity index (χ3n) is 4.59. The molecule has 4 nitrogen and oxygen atoms in total. The van der Waals surface area contributed by atoms with Crippen molar-refractivity contribution >= 4 is 0 Å². The normalized spacial score (nSPS) is 25.0. The molecule has 1 fully saturated rings. The molecule has 124 valence electrons. The van der Waals surface area contributed by atoms with Gasteiger partial charge < -0.3 is 5.11 Å². The predicted octanol–water partition coefficient (Wildman–Crippen LogP) is 3.07. The molecule has 0 saturated heterocycles. The van der Waals surface area contributed by atoms with E-state index in [1.165, 1.54) is 18.5 Å². The van der Waals surface area contributed by atoms with Crippen molar-refractivity contribution in [2.45, 2.75) is 44.0 Å². The number of aromatic nitrogens is 3. The molecule has 1 aromatic carbocycles. The van der Waals surface area contributed by atoms with Crippen molar-refractivity contribution in [2.24, 2.45) is 5.92 Å². The molecule has 1 aromatic heterocycles. The highest BCUT2D eigenvalue weighted by Gasteiger charge is 2.41. The molecule has 7 heteroatoms. The fraction of sp³-hybridized carbons (Fsp3) is 0.500. The Bertz CT molecular complexity index is 640. The van der Waals surface area contributed by atoms with Gasteiger partial charge in [-0.3, -0.25) is 4.68 Å². The maximum absolute atomic E-state index is 12.6. The molecule has 0 bridgehead atoms. The number of alkyl halides is 3. The molecular weight excluding hydrogens is 307 g/mol. The van der Waals surface area contributed by atoms with E-state index in [1.807, 2.05) is 0 Å². The predicted molar refractivity (Wildman–Crippen MR) is 77.5 cm³/mol. The van der Waals surface area contributed by atoms with Crippen LogP contribution in [0.4, 0.5) is 13.2 Å². The van der Waals surface area contributed by atoms with E-state index in [2.05, 4.69) is 10.1 Å². The molecule has 2 unspecified atom stereocenters. The molecule has 0 amide bonds. The quantitative estimate of drug-likeness (QED) is 0.940. The average Bonchev–Trinajstić information content (AvgIpc) is 3.10. The Kier molecular flexibility index (Phi) is 4.14. The molecule has 1 aliphatic carbocycles. The fourth-order valence-electron chi connectivity index (χ4n) is 3.34. The van der Waals surface area contributed by atoms with Crippen LogP contribution in [0.15, 0.2) is 36.9 Å². The summed E-state index contributed by atoms with van der Waals surface area (Å²) >= 11 is 0. The minimum atomic E-state index is -4.32. The summed E-state index contributed by atoms with van der Waals surface area (Å²) in [5.74, 6) is 0.00318. The maximum Gasteiger partial charge on any atom is 0.416 e. The van der Waals surface area contributed by atoms with Crippen molar-refractivity contribution in [3.8, 4) is 0 Å². The van der Waals surface area contributed by atoms with Crippen molar-refractivity contribution in [1.82, 2.24) is 14.8 Å². The molecule has 3 rings (SSSR count). The minimum Gasteiger partial charge on any atom is -0.388 e. The summed E-state index contributed by atoms with van der Waals surface area (Å²) < 4.78 is 39.4. The van der Waals surface area contributed by atoms with Gasteiger partial charge in [-0.2, -0.15) is 18.3 Å². The van der Waals surface area contributed by atoms with Crippen LogP contribution >= 0.6 is 0 Å². The number of aliphatic hydroxyl groups is 1. The Morgan fingerprint density at radius 1 is 1.26 bits per heavy atom. The van der Waals surface area contributed by atoms with Gasteiger partial charge in [0, 0.05) is 0 Å². The molecule has 1 N–H and O–H groups in total. The molecule has 1 heterocycles. The molecule has 0 aliphatic heterocycles. The summed E-state index contributed by atoms with van der Waals surface area (Å²) in [4.78, 5) is 3.87. The fourth-order valence-corrected chi connectivity index (χ4v) is 3.34. The maximum atomic E-state index is 12.6. The molecule has 0 radical (unpaired) electrons. The molecule has 1 saturated carbocycles. The van der Waals surface area contributed by atoms with Gasteiger partial charge in [0.2, 0.25) is 0 Å². The number of hydrogen-bond acceptors (Lipinski definition) is 3. The minimum absolute atomic E-state index is 0.00318. The lowest BCUT2D eigenvalue weighted by Crippen LogP contribution is -2.39. The lowest BCUT2D eigenvalue weighted by molar-refractivity contribution is -0.137. The van der Waals surface area contributed by atoms with Crippen LogP contribution in [0.1, 0.15) is 30.4 Å². The Morgan fingerprint density at radius 3 is 2.61 bits per heavy atom. The van der Waals surface area contributed by atoms with E-state index in [9.17, 15) is 18.3 Å². The number of halogens is 3. The third kappa shape index (κ3) is 3.55. The average molecular weight is 325 g/mol. The lowest BCUT2D eigenvalue weighted by Gasteiger charge is -2.30. The number of rotatable bonds is 4. The Morgan fingerprint density at radius 2 is 2.00 bits per heavy atom. The van der Waals surface area contributed by atoms with Gasteiger partial charge in [0.05, 0.1) is 17.7 Å². The zero-order chi connectivity index (χ0) is 16.5. The van der Waals surface area contributed by atoms with Crippen LogP contribution in [-0.2, 0) is 19.1 Å². The van der Waals surface area contributed by atoms with Gasteiger partial charge in [0.1, 0.15) is 12.7 Å². The van der Waals surface area contributed by atoms with Gasteiger partial charge in [-0.1, -0.05) is 18.6 Å². The SMILES string of the molecule is OC1(Cn2cncn2)CCCC1Cc1ccc(C(F)(F)F)cc1. The van der Waals surface area contributed by atoms with Crippen LogP contribution in [0, 0.1) is 5.92 Å². The first-order valence-electron chi connectivity index (χ1n) is 7.58. The summed E-state index contributed by atoms with van der Waals surface area (Å²) in [6.07, 6.45) is 1.64. The van der Waals surface area contributed by atoms with Crippen LogP contribution in [-0.4, -0.2) is 25.5 Å². The standard InChI is InChI=1S/C16H18F3N3O/c17-16(18,19)13-5-3-12(4-6-13)8-14-2-1-7-15(14,23)9-22-11-20-10-21-22/h3-6,10-11,14,23H,1-2,7-9H2. The Balaban J connectivity index is 1.71. The van der Waals surface area contributed by atoms with Gasteiger partial charge >= 0.3 is 6.18 Å². The zero-order valence-electron chi connectivity index (χ0n) is 12.5. The van der Waals surface area contributed by atoms with E-state index in [4.69, 9.17) is 0 Å². The van der Waals surface area contributed by atoms with E-state index in [-0.39, 0.29) is 5.92 Å². The van der Waals surface area contributed by atoms with Gasteiger partial charge in [-0.25, -0.2) is 4.98 Å². The molecule has 2 aromatic rings. The highest BCUT2D eigenvalue weighted by Crippen LogP contribution is 2.39. The van der Waals surface area contributed by atoms with Gasteiger partial charge in [0.15, 0.2) is 0 Å². The Hall–Kier alpha value is -1.89. The second-order valence-electron chi connectivity index (χ2n) is 6.18. The second kappa shape index (κ2) is 5.96. The van der Waals surface area contributed by atoms with Crippen molar-refractivity contribution in [1.29, 1.82) is 0 Å². The summed E-state index contributed by atoms with van der Waals surface area (Å²) in [5, 5.41) is 14.9. The zero-order valence-corrected chi connectivity index (χ0v) is 12.5. The van der Waals surface area contributed by atoms with E-state index in [1.54, 1.807) is 11.0 Å². The molecule has 2 atom stereocenters. The topological polar surface area (TPSA) is 50.9 Å². The van der Waals surface area contributed by atoms with Crippen molar-refractivity contribution in [2.75, 3.05) is 0 Å². The number of hydrogen-bond donors (Lipinski definition) is 1. The molecule has 23 heavy (non-hydrogen) atoms. The number of benzene rings is 1. The smallest absolute Gasteiger partial charge is 0.388 e. The van der Waals surface area contributed by atoms with Gasteiger partial charge in [0.25, 0.3) is 0 Å². The van der Waals surface area contributed by atoms with Crippen molar-refractivity contribution < 1.29 is 18.3 Å². The number of nitrogens with zero attached hydrogens (tertiary/aromatic N) is 3. The summed E-state index contributed by atoms with van der Waals surface area (Å²) in [5.41, 5.74) is -0.733. The van der Waals surface area contributed by atoms with Gasteiger partial charge in [-0.15, -0.1) is 0 Å². The summed E-state index contributed by atoms with van der Waals surface area (Å²) in [6.45, 7) is 0.359. The highest BCUT2D eigenvalue weighted by molar-refractivity contribution is 5.25. The molecule has 1 aliphatic rings. The molecule has 0 spiro atoms. The van der Waals surface area contributed by atoms with E-state index in [0.29, 0.717) is 19.4 Å². The van der Waals surface area contributed by atoms with Crippen LogP contribution in [0.3, 0.4) is 0 Å². The van der Waals surface area contributed by atoms with Crippen molar-refractivity contribution in [3.63, 3.8) is 0 Å². The van der Waals surface area contributed by atoms with Crippen LogP contribution in [0.2, 0.25) is 0 Å². The summed E-state index contributed by atoms with van der Waals surface area (Å²) in [6, 6.07) is 5.19. The first kappa shape index (κ1) is 16.0. The summed E-state index contributed by atoms with van der Waals surface area (Å²) in [7, 11) is 0. The van der Waals surface area contributed by atoms with Crippen LogP contribution < -0.4 is 0 Å². The first-order valence-corrected chi connectivity index (χ1v) is 7.58. The van der Waals surface area contributed by atoms with Crippen LogP contribution in [0.5, 0.6) is 0 Å². The highest BCUT2D eigenvalue weighted by atomic mass is 19.4.